The molecule has 0 fully saturated rings. The highest BCUT2D eigenvalue weighted by Gasteiger charge is 2.31. The molecule has 0 aliphatic carbocycles. The Balaban J connectivity index is 2.45. The quantitative estimate of drug-likeness (QED) is 0.638. The van der Waals surface area contributed by atoms with Crippen molar-refractivity contribution in [3.05, 3.63) is 58.1 Å². The van der Waals surface area contributed by atoms with E-state index in [4.69, 9.17) is 4.74 Å². The van der Waals surface area contributed by atoms with Crippen LogP contribution in [0.2, 0.25) is 0 Å². The topological polar surface area (TPSA) is 98.5 Å². The number of ether oxygens (including phenoxy) is 1. The molecule has 25 heavy (non-hydrogen) atoms. The fourth-order valence-corrected chi connectivity index (χ4v) is 2.62. The minimum atomic E-state index is -4.60. The second kappa shape index (κ2) is 6.69. The van der Waals surface area contributed by atoms with Gasteiger partial charge < -0.3 is 4.74 Å². The molecule has 0 aromatic heterocycles. The molecule has 11 heteroatoms. The highest BCUT2D eigenvalue weighted by Crippen LogP contribution is 2.36. The molecule has 0 spiro atoms. The highest BCUT2D eigenvalue weighted by molar-refractivity contribution is 7.89. The summed E-state index contributed by atoms with van der Waals surface area (Å²) in [4.78, 5) is 9.87. The average Bonchev–Trinajstić information content (AvgIpc) is 2.54. The van der Waals surface area contributed by atoms with Gasteiger partial charge >= 0.3 is 11.9 Å². The smallest absolute Gasteiger partial charge is 0.416 e. The molecule has 0 amide bonds. The Hall–Kier alpha value is -2.66. The summed E-state index contributed by atoms with van der Waals surface area (Å²) in [5, 5.41) is 11.1. The number of nitrogens with one attached hydrogen (secondary N) is 1. The molecule has 0 bridgehead atoms. The maximum Gasteiger partial charge on any atom is 0.416 e. The summed E-state index contributed by atoms with van der Waals surface area (Å²) in [6.45, 7) is 0. The summed E-state index contributed by atoms with van der Waals surface area (Å²) in [6.07, 6.45) is -4.60. The number of benzene rings is 2. The van der Waals surface area contributed by atoms with E-state index in [0.29, 0.717) is 6.07 Å². The molecule has 134 valence electrons. The first-order valence-electron chi connectivity index (χ1n) is 6.61. The normalized spacial score (nSPS) is 12.0. The number of alkyl halides is 3. The number of nitro benzene ring substituents is 1. The predicted octanol–water partition coefficient (Wildman–Crippen LogP) is 3.31. The van der Waals surface area contributed by atoms with Gasteiger partial charge in [-0.15, -0.1) is 0 Å². The summed E-state index contributed by atoms with van der Waals surface area (Å²) in [5.41, 5.74) is -1.68. The van der Waals surface area contributed by atoms with Crippen molar-refractivity contribution < 1.29 is 31.2 Å². The van der Waals surface area contributed by atoms with E-state index >= 15 is 0 Å². The summed E-state index contributed by atoms with van der Waals surface area (Å²) in [6, 6.07) is 6.59. The van der Waals surface area contributed by atoms with Crippen molar-refractivity contribution in [2.45, 2.75) is 11.1 Å². The van der Waals surface area contributed by atoms with E-state index in [0.717, 1.165) is 37.4 Å². The number of rotatable bonds is 5. The lowest BCUT2D eigenvalue weighted by molar-refractivity contribution is -0.385. The van der Waals surface area contributed by atoms with E-state index in [9.17, 15) is 31.7 Å². The minimum Gasteiger partial charge on any atom is -0.450 e. The van der Waals surface area contributed by atoms with Crippen molar-refractivity contribution in [2.24, 2.45) is 0 Å². The fourth-order valence-electron chi connectivity index (χ4n) is 1.87. The molecule has 7 nitrogen and oxygen atoms in total. The van der Waals surface area contributed by atoms with Gasteiger partial charge in [-0.05, 0) is 37.4 Å². The number of hydrogen-bond acceptors (Lipinski definition) is 5. The Morgan fingerprint density at radius 2 is 1.84 bits per heavy atom. The van der Waals surface area contributed by atoms with E-state index < -0.39 is 32.4 Å². The molecular formula is C14H11F3N2O5S. The van der Waals surface area contributed by atoms with Crippen LogP contribution < -0.4 is 9.46 Å². The molecule has 1 N–H and O–H groups in total. The Morgan fingerprint density at radius 1 is 1.16 bits per heavy atom. The van der Waals surface area contributed by atoms with Gasteiger partial charge in [0.05, 0.1) is 15.4 Å². The van der Waals surface area contributed by atoms with E-state index in [1.165, 1.54) is 6.07 Å². The van der Waals surface area contributed by atoms with Crippen molar-refractivity contribution in [1.29, 1.82) is 0 Å². The zero-order chi connectivity index (χ0) is 18.8. The summed E-state index contributed by atoms with van der Waals surface area (Å²) in [7, 11) is -2.80. The fraction of sp³-hybridized carbons (Fsp3) is 0.143. The molecule has 2 aromatic rings. The van der Waals surface area contributed by atoms with Crippen LogP contribution in [-0.2, 0) is 16.2 Å². The molecule has 0 atom stereocenters. The molecular weight excluding hydrogens is 365 g/mol. The third kappa shape index (κ3) is 4.25. The average molecular weight is 376 g/mol. The van der Waals surface area contributed by atoms with E-state index in [1.54, 1.807) is 0 Å². The zero-order valence-electron chi connectivity index (χ0n) is 12.6. The molecule has 0 heterocycles. The molecule has 0 radical (unpaired) electrons. The maximum atomic E-state index is 12.7. The van der Waals surface area contributed by atoms with Gasteiger partial charge in [0, 0.05) is 6.07 Å². The molecule has 0 aliphatic heterocycles. The lowest BCUT2D eigenvalue weighted by atomic mass is 10.2. The van der Waals surface area contributed by atoms with Crippen LogP contribution in [0.1, 0.15) is 5.56 Å². The van der Waals surface area contributed by atoms with Gasteiger partial charge in [0.2, 0.25) is 15.8 Å². The predicted molar refractivity (Wildman–Crippen MR) is 80.9 cm³/mol. The van der Waals surface area contributed by atoms with Crippen LogP contribution >= 0.6 is 0 Å². The lowest BCUT2D eigenvalue weighted by Crippen LogP contribution is -2.18. The first-order chi connectivity index (χ1) is 11.5. The second-order valence-corrected chi connectivity index (χ2v) is 6.61. The van der Waals surface area contributed by atoms with Crippen LogP contribution in [-0.4, -0.2) is 20.4 Å². The molecule has 0 saturated carbocycles. The summed E-state index contributed by atoms with van der Waals surface area (Å²) < 4.78 is 68.7. The largest absolute Gasteiger partial charge is 0.450 e. The van der Waals surface area contributed by atoms with Crippen LogP contribution in [0.3, 0.4) is 0 Å². The zero-order valence-corrected chi connectivity index (χ0v) is 13.4. The molecule has 0 unspecified atom stereocenters. The second-order valence-electron chi connectivity index (χ2n) is 4.72. The maximum absolute atomic E-state index is 12.7. The van der Waals surface area contributed by atoms with Crippen LogP contribution in [0.25, 0.3) is 0 Å². The number of halogens is 3. The van der Waals surface area contributed by atoms with E-state index in [2.05, 4.69) is 0 Å². The van der Waals surface area contributed by atoms with Gasteiger partial charge in [0.25, 0.3) is 0 Å². The molecule has 2 aromatic carbocycles. The summed E-state index contributed by atoms with van der Waals surface area (Å²) in [5.74, 6) is -0.665. The Labute approximate surface area is 140 Å². The van der Waals surface area contributed by atoms with Gasteiger partial charge in [-0.2, -0.15) is 13.2 Å². The molecule has 2 rings (SSSR count). The minimum absolute atomic E-state index is 0.276. The first-order valence-corrected chi connectivity index (χ1v) is 8.10. The third-order valence-corrected chi connectivity index (χ3v) is 4.51. The van der Waals surface area contributed by atoms with Crippen molar-refractivity contribution in [3.63, 3.8) is 0 Å². The van der Waals surface area contributed by atoms with Crippen LogP contribution in [0.5, 0.6) is 11.5 Å². The molecule has 0 aliphatic rings. The van der Waals surface area contributed by atoms with Gasteiger partial charge in [-0.3, -0.25) is 10.1 Å². The van der Waals surface area contributed by atoms with Crippen LogP contribution in [0.4, 0.5) is 18.9 Å². The van der Waals surface area contributed by atoms with Crippen molar-refractivity contribution in [2.75, 3.05) is 7.05 Å². The van der Waals surface area contributed by atoms with Crippen molar-refractivity contribution >= 4 is 15.7 Å². The Morgan fingerprint density at radius 3 is 2.40 bits per heavy atom. The number of nitro groups is 1. The van der Waals surface area contributed by atoms with E-state index in [-0.39, 0.29) is 16.4 Å². The van der Waals surface area contributed by atoms with E-state index in [1.807, 2.05) is 4.72 Å². The van der Waals surface area contributed by atoms with Crippen molar-refractivity contribution in [1.82, 2.24) is 4.72 Å². The number of nitrogens with zero attached hydrogens (tertiary/aromatic N) is 1. The van der Waals surface area contributed by atoms with Crippen LogP contribution in [0.15, 0.2) is 47.4 Å². The van der Waals surface area contributed by atoms with Crippen molar-refractivity contribution in [3.8, 4) is 11.5 Å². The highest BCUT2D eigenvalue weighted by atomic mass is 32.2. The van der Waals surface area contributed by atoms with Gasteiger partial charge in [0.1, 0.15) is 5.75 Å². The SMILES string of the molecule is CNS(=O)(=O)c1ccc(Oc2cccc(C(F)(F)F)c2)c([N+](=O)[O-])c1. The lowest BCUT2D eigenvalue weighted by Gasteiger charge is -2.11. The monoisotopic (exact) mass is 376 g/mol. The number of sulfonamides is 1. The van der Waals surface area contributed by atoms with Gasteiger partial charge in [-0.1, -0.05) is 6.07 Å². The Kier molecular flexibility index (Phi) is 4.99. The number of hydrogen-bond donors (Lipinski definition) is 1. The summed E-state index contributed by atoms with van der Waals surface area (Å²) >= 11 is 0. The van der Waals surface area contributed by atoms with Gasteiger partial charge in [0.15, 0.2) is 0 Å². The Bertz CT molecular complexity index is 913. The third-order valence-electron chi connectivity index (χ3n) is 3.10. The molecule has 0 saturated heterocycles. The van der Waals surface area contributed by atoms with Gasteiger partial charge in [-0.25, -0.2) is 13.1 Å². The standard InChI is InChI=1S/C14H11F3N2O5S/c1-18-25(22,23)11-5-6-13(12(8-11)19(20)21)24-10-4-2-3-9(7-10)14(15,16)17/h2-8,18H,1H3. The van der Waals surface area contributed by atoms with Crippen LogP contribution in [0, 0.1) is 10.1 Å². The first kappa shape index (κ1) is 18.7.